The molecule has 0 spiro atoms. The monoisotopic (exact) mass is 351 g/mol. The Kier molecular flexibility index (Phi) is 5.74. The summed E-state index contributed by atoms with van der Waals surface area (Å²) in [5, 5.41) is 22.1. The molecule has 10 heteroatoms. The highest BCUT2D eigenvalue weighted by Crippen LogP contribution is 2.32. The van der Waals surface area contributed by atoms with Gasteiger partial charge in [0.15, 0.2) is 10.9 Å². The first-order valence-electron chi connectivity index (χ1n) is 7.09. The van der Waals surface area contributed by atoms with Gasteiger partial charge in [0.1, 0.15) is 6.33 Å². The quantitative estimate of drug-likeness (QED) is 0.462. The van der Waals surface area contributed by atoms with Crippen LogP contribution in [0.5, 0.6) is 5.75 Å². The van der Waals surface area contributed by atoms with Gasteiger partial charge in [-0.15, -0.1) is 10.2 Å². The van der Waals surface area contributed by atoms with Crippen LogP contribution in [0.3, 0.4) is 0 Å². The zero-order valence-corrected chi connectivity index (χ0v) is 14.3. The largest absolute Gasteiger partial charge is 0.490 e. The molecule has 0 saturated carbocycles. The molecule has 0 radical (unpaired) electrons. The second kappa shape index (κ2) is 7.77. The molecule has 9 nitrogen and oxygen atoms in total. The number of methoxy groups -OCH3 is 1. The predicted molar refractivity (Wildman–Crippen MR) is 89.4 cm³/mol. The van der Waals surface area contributed by atoms with Crippen LogP contribution >= 0.6 is 11.8 Å². The third-order valence-electron chi connectivity index (χ3n) is 3.25. The lowest BCUT2D eigenvalue weighted by molar-refractivity contribution is -0.385. The number of anilines is 1. The third kappa shape index (κ3) is 4.02. The maximum absolute atomic E-state index is 12.1. The minimum absolute atomic E-state index is 0.0966. The van der Waals surface area contributed by atoms with Crippen molar-refractivity contribution in [3.05, 3.63) is 34.1 Å². The first kappa shape index (κ1) is 17.7. The molecule has 0 bridgehead atoms. The number of rotatable bonds is 7. The number of nitro groups is 1. The Morgan fingerprint density at radius 2 is 2.25 bits per heavy atom. The average molecular weight is 351 g/mol. The average Bonchev–Trinajstić information content (AvgIpc) is 3.01. The number of thioether (sulfide) groups is 1. The number of hydrogen-bond acceptors (Lipinski definition) is 7. The number of benzene rings is 1. The number of aryl methyl sites for hydroxylation is 2. The van der Waals surface area contributed by atoms with Gasteiger partial charge in [-0.05, 0) is 19.4 Å². The van der Waals surface area contributed by atoms with Gasteiger partial charge in [0.05, 0.1) is 17.8 Å². The van der Waals surface area contributed by atoms with Crippen molar-refractivity contribution >= 4 is 29.0 Å². The Morgan fingerprint density at radius 1 is 1.50 bits per heavy atom. The first-order chi connectivity index (χ1) is 11.5. The summed E-state index contributed by atoms with van der Waals surface area (Å²) in [7, 11) is 1.34. The Morgan fingerprint density at radius 3 is 2.88 bits per heavy atom. The fourth-order valence-corrected chi connectivity index (χ4v) is 2.78. The lowest BCUT2D eigenvalue weighted by Gasteiger charge is -2.10. The fraction of sp³-hybridized carbons (Fsp3) is 0.357. The van der Waals surface area contributed by atoms with Gasteiger partial charge in [-0.25, -0.2) is 0 Å². The van der Waals surface area contributed by atoms with Crippen LogP contribution in [0.25, 0.3) is 0 Å². The normalized spacial score (nSPS) is 10.5. The van der Waals surface area contributed by atoms with Crippen molar-refractivity contribution in [2.45, 2.75) is 25.5 Å². The van der Waals surface area contributed by atoms with Crippen LogP contribution < -0.4 is 10.1 Å². The number of hydrogen-bond donors (Lipinski definition) is 1. The highest BCUT2D eigenvalue weighted by molar-refractivity contribution is 7.99. The van der Waals surface area contributed by atoms with E-state index in [1.165, 1.54) is 31.0 Å². The van der Waals surface area contributed by atoms with Gasteiger partial charge in [0.2, 0.25) is 5.91 Å². The molecule has 1 N–H and O–H groups in total. The van der Waals surface area contributed by atoms with Crippen molar-refractivity contribution in [3.63, 3.8) is 0 Å². The standard InChI is InChI=1S/C14H17N5O4S/c1-4-18-8-15-17-14(18)24-7-13(20)16-10-6-12(23-3)11(19(21)22)5-9(10)2/h5-6,8H,4,7H2,1-3H3,(H,16,20). The van der Waals surface area contributed by atoms with Gasteiger partial charge in [0.25, 0.3) is 0 Å². The lowest BCUT2D eigenvalue weighted by Crippen LogP contribution is -2.15. The topological polar surface area (TPSA) is 112 Å². The number of ether oxygens (including phenoxy) is 1. The predicted octanol–water partition coefficient (Wildman–Crippen LogP) is 2.25. The summed E-state index contributed by atoms with van der Waals surface area (Å²) in [4.78, 5) is 22.6. The molecule has 24 heavy (non-hydrogen) atoms. The van der Waals surface area contributed by atoms with E-state index in [4.69, 9.17) is 4.74 Å². The number of amides is 1. The highest BCUT2D eigenvalue weighted by atomic mass is 32.2. The summed E-state index contributed by atoms with van der Waals surface area (Å²) in [5.74, 6) is 0.00110. The van der Waals surface area contributed by atoms with E-state index in [9.17, 15) is 14.9 Å². The Hall–Kier alpha value is -2.62. The second-order valence-corrected chi connectivity index (χ2v) is 5.77. The maximum atomic E-state index is 12.1. The van der Waals surface area contributed by atoms with Gasteiger partial charge < -0.3 is 14.6 Å². The molecule has 0 fully saturated rings. The van der Waals surface area contributed by atoms with E-state index in [1.807, 2.05) is 11.5 Å². The number of aromatic nitrogens is 3. The minimum Gasteiger partial charge on any atom is -0.490 e. The molecule has 0 unspecified atom stereocenters. The Balaban J connectivity index is 2.07. The molecule has 0 atom stereocenters. The molecule has 0 aliphatic rings. The molecule has 0 aliphatic heterocycles. The summed E-state index contributed by atoms with van der Waals surface area (Å²) < 4.78 is 6.84. The summed E-state index contributed by atoms with van der Waals surface area (Å²) >= 11 is 1.27. The van der Waals surface area contributed by atoms with Gasteiger partial charge >= 0.3 is 5.69 Å². The molecule has 2 aromatic rings. The lowest BCUT2D eigenvalue weighted by atomic mass is 10.1. The molecule has 2 rings (SSSR count). The summed E-state index contributed by atoms with van der Waals surface area (Å²) in [6, 6.07) is 2.82. The van der Waals surface area contributed by atoms with Crippen LogP contribution in [-0.2, 0) is 11.3 Å². The zero-order chi connectivity index (χ0) is 17.7. The smallest absolute Gasteiger partial charge is 0.311 e. The van der Waals surface area contributed by atoms with Crippen LogP contribution in [0.2, 0.25) is 0 Å². The molecule has 128 valence electrons. The van der Waals surface area contributed by atoms with E-state index < -0.39 is 4.92 Å². The SMILES string of the molecule is CCn1cnnc1SCC(=O)Nc1cc(OC)c([N+](=O)[O-])cc1C. The molecule has 1 heterocycles. The van der Waals surface area contributed by atoms with E-state index in [-0.39, 0.29) is 23.1 Å². The maximum Gasteiger partial charge on any atom is 0.311 e. The van der Waals surface area contributed by atoms with E-state index in [1.54, 1.807) is 13.3 Å². The molecular formula is C14H17N5O4S. The third-order valence-corrected chi connectivity index (χ3v) is 4.23. The van der Waals surface area contributed by atoms with E-state index in [0.717, 1.165) is 6.54 Å². The first-order valence-corrected chi connectivity index (χ1v) is 8.08. The van der Waals surface area contributed by atoms with Crippen LogP contribution in [0.1, 0.15) is 12.5 Å². The Bertz CT molecular complexity index is 762. The second-order valence-electron chi connectivity index (χ2n) is 4.83. The van der Waals surface area contributed by atoms with Crippen LogP contribution in [-0.4, -0.2) is 38.5 Å². The van der Waals surface area contributed by atoms with E-state index in [0.29, 0.717) is 16.4 Å². The van der Waals surface area contributed by atoms with Crippen molar-refractivity contribution in [2.75, 3.05) is 18.2 Å². The van der Waals surface area contributed by atoms with Crippen molar-refractivity contribution in [1.82, 2.24) is 14.8 Å². The molecule has 1 aromatic carbocycles. The van der Waals surface area contributed by atoms with Crippen molar-refractivity contribution < 1.29 is 14.5 Å². The number of carbonyl (C=O) groups excluding carboxylic acids is 1. The van der Waals surface area contributed by atoms with Gasteiger partial charge in [-0.2, -0.15) is 0 Å². The molecule has 1 aromatic heterocycles. The number of nitrogens with zero attached hydrogens (tertiary/aromatic N) is 4. The molecule has 0 saturated heterocycles. The Labute approximate surface area is 142 Å². The van der Waals surface area contributed by atoms with Crippen LogP contribution in [0, 0.1) is 17.0 Å². The summed E-state index contributed by atoms with van der Waals surface area (Å²) in [5.41, 5.74) is 0.913. The summed E-state index contributed by atoms with van der Waals surface area (Å²) in [6.07, 6.45) is 1.60. The highest BCUT2D eigenvalue weighted by Gasteiger charge is 2.18. The molecular weight excluding hydrogens is 334 g/mol. The summed E-state index contributed by atoms with van der Waals surface area (Å²) in [6.45, 7) is 4.36. The number of nitro benzene ring substituents is 1. The number of nitrogens with one attached hydrogen (secondary N) is 1. The molecule has 0 aliphatic carbocycles. The van der Waals surface area contributed by atoms with Gasteiger partial charge in [-0.3, -0.25) is 14.9 Å². The van der Waals surface area contributed by atoms with E-state index >= 15 is 0 Å². The van der Waals surface area contributed by atoms with Crippen molar-refractivity contribution in [1.29, 1.82) is 0 Å². The number of carbonyl (C=O) groups is 1. The minimum atomic E-state index is -0.523. The molecule has 1 amide bonds. The zero-order valence-electron chi connectivity index (χ0n) is 13.5. The van der Waals surface area contributed by atoms with Crippen molar-refractivity contribution in [3.8, 4) is 5.75 Å². The fourth-order valence-electron chi connectivity index (χ4n) is 2.00. The van der Waals surface area contributed by atoms with Gasteiger partial charge in [-0.1, -0.05) is 11.8 Å². The van der Waals surface area contributed by atoms with Crippen LogP contribution in [0.4, 0.5) is 11.4 Å². The van der Waals surface area contributed by atoms with Crippen molar-refractivity contribution in [2.24, 2.45) is 0 Å². The van der Waals surface area contributed by atoms with Gasteiger partial charge in [0, 0.05) is 24.4 Å². The van der Waals surface area contributed by atoms with E-state index in [2.05, 4.69) is 15.5 Å². The van der Waals surface area contributed by atoms with Crippen LogP contribution in [0.15, 0.2) is 23.6 Å².